The van der Waals surface area contributed by atoms with Crippen molar-refractivity contribution in [3.05, 3.63) is 35.9 Å². The molecule has 1 aromatic rings. The Morgan fingerprint density at radius 3 is 3.00 bits per heavy atom. The molecule has 0 radical (unpaired) electrons. The van der Waals surface area contributed by atoms with Gasteiger partial charge in [-0.2, -0.15) is 0 Å². The van der Waals surface area contributed by atoms with E-state index in [0.717, 1.165) is 24.9 Å². The van der Waals surface area contributed by atoms with Gasteiger partial charge in [0, 0.05) is 31.3 Å². The van der Waals surface area contributed by atoms with E-state index in [0.29, 0.717) is 25.3 Å². The normalized spacial score (nSPS) is 19.9. The number of amides is 3. The monoisotopic (exact) mass is 357 g/mol. The van der Waals surface area contributed by atoms with E-state index >= 15 is 0 Å². The molecule has 1 aromatic carbocycles. The highest BCUT2D eigenvalue weighted by atomic mass is 16.5. The van der Waals surface area contributed by atoms with Crippen molar-refractivity contribution >= 4 is 17.6 Å². The summed E-state index contributed by atoms with van der Waals surface area (Å²) < 4.78 is 5.21. The zero-order valence-electron chi connectivity index (χ0n) is 15.3. The average molecular weight is 357 g/mol. The van der Waals surface area contributed by atoms with Crippen LogP contribution in [0.25, 0.3) is 0 Å². The average Bonchev–Trinajstić information content (AvgIpc) is 3.02. The lowest BCUT2D eigenvalue weighted by Gasteiger charge is -2.18. The summed E-state index contributed by atoms with van der Waals surface area (Å²) in [5.41, 5.74) is 2.24. The van der Waals surface area contributed by atoms with Crippen LogP contribution in [0.4, 0.5) is 10.5 Å². The first-order valence-corrected chi connectivity index (χ1v) is 9.32. The minimum atomic E-state index is -0.202. The molecule has 1 atom stereocenters. The maximum atomic E-state index is 12.3. The molecule has 0 spiro atoms. The second-order valence-corrected chi connectivity index (χ2v) is 6.87. The fourth-order valence-corrected chi connectivity index (χ4v) is 3.54. The van der Waals surface area contributed by atoms with Crippen molar-refractivity contribution in [3.63, 3.8) is 0 Å². The molecule has 2 N–H and O–H groups in total. The molecule has 1 aliphatic heterocycles. The maximum Gasteiger partial charge on any atom is 0.315 e. The fraction of sp³-hybridized carbons (Fsp3) is 0.500. The van der Waals surface area contributed by atoms with Crippen LogP contribution >= 0.6 is 0 Å². The second-order valence-electron chi connectivity index (χ2n) is 6.87. The molecule has 26 heavy (non-hydrogen) atoms. The molecule has 140 valence electrons. The van der Waals surface area contributed by atoms with Gasteiger partial charge in [-0.3, -0.25) is 4.79 Å². The van der Waals surface area contributed by atoms with Crippen molar-refractivity contribution in [2.45, 2.75) is 44.6 Å². The van der Waals surface area contributed by atoms with E-state index in [1.54, 1.807) is 12.0 Å². The first-order valence-electron chi connectivity index (χ1n) is 9.32. The van der Waals surface area contributed by atoms with Crippen LogP contribution in [-0.2, 0) is 4.79 Å². The molecule has 1 fully saturated rings. The van der Waals surface area contributed by atoms with E-state index in [2.05, 4.69) is 16.7 Å². The number of carbonyl (C=O) groups excluding carboxylic acids is 2. The Kier molecular flexibility index (Phi) is 6.15. The zero-order valence-corrected chi connectivity index (χ0v) is 15.3. The number of carbonyl (C=O) groups is 2. The Morgan fingerprint density at radius 2 is 2.23 bits per heavy atom. The van der Waals surface area contributed by atoms with E-state index in [1.165, 1.54) is 18.4 Å². The largest absolute Gasteiger partial charge is 0.497 e. The van der Waals surface area contributed by atoms with Gasteiger partial charge in [0.25, 0.3) is 0 Å². The first-order chi connectivity index (χ1) is 12.7. The molecule has 3 amide bonds. The summed E-state index contributed by atoms with van der Waals surface area (Å²) >= 11 is 0. The zero-order chi connectivity index (χ0) is 18.4. The lowest BCUT2D eigenvalue weighted by Crippen LogP contribution is -2.43. The Labute approximate surface area is 154 Å². The van der Waals surface area contributed by atoms with Gasteiger partial charge in [0.05, 0.1) is 13.2 Å². The lowest BCUT2D eigenvalue weighted by atomic mass is 9.97. The highest BCUT2D eigenvalue weighted by Gasteiger charge is 2.31. The van der Waals surface area contributed by atoms with Gasteiger partial charge < -0.3 is 20.3 Å². The van der Waals surface area contributed by atoms with Crippen LogP contribution in [-0.4, -0.2) is 38.2 Å². The minimum absolute atomic E-state index is 0.0101. The van der Waals surface area contributed by atoms with Crippen LogP contribution in [0.3, 0.4) is 0 Å². The van der Waals surface area contributed by atoms with Crippen molar-refractivity contribution in [2.75, 3.05) is 25.1 Å². The number of urea groups is 1. The quantitative estimate of drug-likeness (QED) is 0.769. The summed E-state index contributed by atoms with van der Waals surface area (Å²) in [5.74, 6) is 0.720. The smallest absolute Gasteiger partial charge is 0.315 e. The van der Waals surface area contributed by atoms with Gasteiger partial charge in [-0.05, 0) is 44.2 Å². The summed E-state index contributed by atoms with van der Waals surface area (Å²) in [5, 5.41) is 5.82. The van der Waals surface area contributed by atoms with Gasteiger partial charge >= 0.3 is 6.03 Å². The van der Waals surface area contributed by atoms with Gasteiger partial charge in [0.15, 0.2) is 0 Å². The van der Waals surface area contributed by atoms with Gasteiger partial charge in [-0.15, -0.1) is 0 Å². The molecule has 3 rings (SSSR count). The SMILES string of the molecule is COc1cccc(N2C[C@@H](NC(=O)NCCC3=CCCCC3)CC2=O)c1. The molecular formula is C20H27N3O3. The topological polar surface area (TPSA) is 70.7 Å². The molecule has 1 saturated heterocycles. The van der Waals surface area contributed by atoms with Gasteiger partial charge in [-0.25, -0.2) is 4.79 Å². The van der Waals surface area contributed by atoms with Gasteiger partial charge in [0.2, 0.25) is 5.91 Å². The minimum Gasteiger partial charge on any atom is -0.497 e. The highest BCUT2D eigenvalue weighted by molar-refractivity contribution is 5.97. The van der Waals surface area contributed by atoms with Gasteiger partial charge in [-0.1, -0.05) is 17.7 Å². The summed E-state index contributed by atoms with van der Waals surface area (Å²) in [6.45, 7) is 1.11. The second kappa shape index (κ2) is 8.74. The van der Waals surface area contributed by atoms with Crippen LogP contribution < -0.4 is 20.3 Å². The van der Waals surface area contributed by atoms with Crippen LogP contribution in [0.1, 0.15) is 38.5 Å². The van der Waals surface area contributed by atoms with Gasteiger partial charge in [0.1, 0.15) is 5.75 Å². The number of hydrogen-bond donors (Lipinski definition) is 2. The third kappa shape index (κ3) is 4.77. The van der Waals surface area contributed by atoms with Crippen molar-refractivity contribution in [2.24, 2.45) is 0 Å². The molecule has 2 aliphatic rings. The summed E-state index contributed by atoms with van der Waals surface area (Å²) in [7, 11) is 1.60. The van der Waals surface area contributed by atoms with E-state index in [4.69, 9.17) is 4.74 Å². The first kappa shape index (κ1) is 18.3. The molecular weight excluding hydrogens is 330 g/mol. The van der Waals surface area contributed by atoms with Crippen molar-refractivity contribution in [3.8, 4) is 5.75 Å². The molecule has 0 saturated carbocycles. The standard InChI is InChI=1S/C20H27N3O3/c1-26-18-9-5-8-17(13-18)23-14-16(12-19(23)24)22-20(25)21-11-10-15-6-3-2-4-7-15/h5-6,8-9,13,16H,2-4,7,10-12,14H2,1H3,(H2,21,22,25)/t16-/m0/s1. The summed E-state index contributed by atoms with van der Waals surface area (Å²) in [4.78, 5) is 26.1. The van der Waals surface area contributed by atoms with Crippen LogP contribution in [0.15, 0.2) is 35.9 Å². The number of hydrogen-bond acceptors (Lipinski definition) is 3. The van der Waals surface area contributed by atoms with E-state index in [-0.39, 0.29) is 18.0 Å². The molecule has 0 unspecified atom stereocenters. The Bertz CT molecular complexity index is 687. The molecule has 1 heterocycles. The predicted octanol–water partition coefficient (Wildman–Crippen LogP) is 2.99. The third-order valence-corrected chi connectivity index (χ3v) is 4.94. The summed E-state index contributed by atoms with van der Waals surface area (Å²) in [6, 6.07) is 7.03. The summed E-state index contributed by atoms with van der Waals surface area (Å²) in [6.07, 6.45) is 8.36. The predicted molar refractivity (Wildman–Crippen MR) is 101 cm³/mol. The molecule has 0 bridgehead atoms. The third-order valence-electron chi connectivity index (χ3n) is 4.94. The molecule has 6 heteroatoms. The van der Waals surface area contributed by atoms with Crippen molar-refractivity contribution in [1.82, 2.24) is 10.6 Å². The molecule has 6 nitrogen and oxygen atoms in total. The van der Waals surface area contributed by atoms with Crippen molar-refractivity contribution < 1.29 is 14.3 Å². The number of rotatable bonds is 6. The number of nitrogens with one attached hydrogen (secondary N) is 2. The number of methoxy groups -OCH3 is 1. The Morgan fingerprint density at radius 1 is 1.35 bits per heavy atom. The van der Waals surface area contributed by atoms with Crippen LogP contribution in [0.2, 0.25) is 0 Å². The fourth-order valence-electron chi connectivity index (χ4n) is 3.54. The Balaban J connectivity index is 1.46. The number of anilines is 1. The number of ether oxygens (including phenoxy) is 1. The number of allylic oxidation sites excluding steroid dienone is 1. The van der Waals surface area contributed by atoms with E-state index < -0.39 is 0 Å². The van der Waals surface area contributed by atoms with Crippen molar-refractivity contribution in [1.29, 1.82) is 0 Å². The molecule has 0 aromatic heterocycles. The van der Waals surface area contributed by atoms with E-state index in [9.17, 15) is 9.59 Å². The maximum absolute atomic E-state index is 12.3. The number of benzene rings is 1. The molecule has 1 aliphatic carbocycles. The van der Waals surface area contributed by atoms with Crippen LogP contribution in [0.5, 0.6) is 5.75 Å². The highest BCUT2D eigenvalue weighted by Crippen LogP contribution is 2.25. The Hall–Kier alpha value is -2.50. The van der Waals surface area contributed by atoms with E-state index in [1.807, 2.05) is 24.3 Å². The van der Waals surface area contributed by atoms with Crippen LogP contribution in [0, 0.1) is 0 Å². The number of nitrogens with zero attached hydrogens (tertiary/aromatic N) is 1. The lowest BCUT2D eigenvalue weighted by molar-refractivity contribution is -0.117.